The summed E-state index contributed by atoms with van der Waals surface area (Å²) >= 11 is 0. The molecule has 0 bridgehead atoms. The predicted octanol–water partition coefficient (Wildman–Crippen LogP) is 2.96. The molecule has 1 heteroatoms. The van der Waals surface area contributed by atoms with Crippen molar-refractivity contribution in [3.63, 3.8) is 0 Å². The standard InChI is InChI=1S/C10H18O/c1-4-5-6-10(11)8-7-9(2)3/h4,9H,1,5-8H2,2-3H3. The quantitative estimate of drug-likeness (QED) is 0.537. The fourth-order valence-corrected chi connectivity index (χ4v) is 0.838. The molecule has 0 amide bonds. The summed E-state index contributed by atoms with van der Waals surface area (Å²) in [4.78, 5) is 11.1. The van der Waals surface area contributed by atoms with Crippen molar-refractivity contribution in [1.29, 1.82) is 0 Å². The lowest BCUT2D eigenvalue weighted by atomic mass is 10.0. The van der Waals surface area contributed by atoms with E-state index in [1.807, 2.05) is 0 Å². The molecule has 0 aliphatic rings. The van der Waals surface area contributed by atoms with Crippen LogP contribution in [0.4, 0.5) is 0 Å². The summed E-state index contributed by atoms with van der Waals surface area (Å²) in [7, 11) is 0. The SMILES string of the molecule is C=CCCC(=O)CCC(C)C. The maximum absolute atomic E-state index is 11.1. The topological polar surface area (TPSA) is 17.1 Å². The predicted molar refractivity (Wildman–Crippen MR) is 48.5 cm³/mol. The molecule has 0 saturated carbocycles. The number of hydrogen-bond donors (Lipinski definition) is 0. The van der Waals surface area contributed by atoms with E-state index >= 15 is 0 Å². The number of rotatable bonds is 6. The Morgan fingerprint density at radius 1 is 1.45 bits per heavy atom. The van der Waals surface area contributed by atoms with Crippen LogP contribution >= 0.6 is 0 Å². The molecule has 64 valence electrons. The van der Waals surface area contributed by atoms with Crippen molar-refractivity contribution in [2.45, 2.75) is 39.5 Å². The van der Waals surface area contributed by atoms with Crippen LogP contribution in [0.5, 0.6) is 0 Å². The first-order valence-electron chi connectivity index (χ1n) is 4.29. The van der Waals surface area contributed by atoms with E-state index in [1.165, 1.54) is 0 Å². The minimum absolute atomic E-state index is 0.374. The smallest absolute Gasteiger partial charge is 0.133 e. The Bertz CT molecular complexity index is 125. The van der Waals surface area contributed by atoms with E-state index in [1.54, 1.807) is 6.08 Å². The van der Waals surface area contributed by atoms with Gasteiger partial charge in [-0.1, -0.05) is 19.9 Å². The number of ketones is 1. The van der Waals surface area contributed by atoms with Gasteiger partial charge >= 0.3 is 0 Å². The van der Waals surface area contributed by atoms with Gasteiger partial charge in [-0.15, -0.1) is 6.58 Å². The average Bonchev–Trinajstić information content (AvgIpc) is 1.97. The third-order valence-electron chi connectivity index (χ3n) is 1.63. The third-order valence-corrected chi connectivity index (χ3v) is 1.63. The Kier molecular flexibility index (Phi) is 5.81. The molecule has 0 rings (SSSR count). The van der Waals surface area contributed by atoms with E-state index < -0.39 is 0 Å². The average molecular weight is 154 g/mol. The lowest BCUT2D eigenvalue weighted by molar-refractivity contribution is -0.119. The molecule has 0 radical (unpaired) electrons. The van der Waals surface area contributed by atoms with Crippen LogP contribution in [-0.2, 0) is 4.79 Å². The molecule has 0 aromatic carbocycles. The van der Waals surface area contributed by atoms with Crippen molar-refractivity contribution in [3.8, 4) is 0 Å². The molecule has 0 fully saturated rings. The second-order valence-corrected chi connectivity index (χ2v) is 3.30. The Hall–Kier alpha value is -0.590. The van der Waals surface area contributed by atoms with Crippen molar-refractivity contribution >= 4 is 5.78 Å². The van der Waals surface area contributed by atoms with Gasteiger partial charge in [0.15, 0.2) is 0 Å². The summed E-state index contributed by atoms with van der Waals surface area (Å²) in [5.41, 5.74) is 0. The van der Waals surface area contributed by atoms with Gasteiger partial charge in [-0.3, -0.25) is 4.79 Å². The highest BCUT2D eigenvalue weighted by Gasteiger charge is 2.01. The molecule has 0 aliphatic carbocycles. The normalized spacial score (nSPS) is 10.1. The van der Waals surface area contributed by atoms with Gasteiger partial charge in [-0.05, 0) is 18.8 Å². The summed E-state index contributed by atoms with van der Waals surface area (Å²) in [6.45, 7) is 7.85. The van der Waals surface area contributed by atoms with Crippen LogP contribution in [0.3, 0.4) is 0 Å². The molecule has 0 aliphatic heterocycles. The van der Waals surface area contributed by atoms with Crippen LogP contribution in [0.15, 0.2) is 12.7 Å². The van der Waals surface area contributed by atoms with Gasteiger partial charge in [0.25, 0.3) is 0 Å². The zero-order valence-electron chi connectivity index (χ0n) is 7.60. The van der Waals surface area contributed by atoms with Crippen molar-refractivity contribution in [2.75, 3.05) is 0 Å². The molecule has 11 heavy (non-hydrogen) atoms. The molecule has 0 N–H and O–H groups in total. The fraction of sp³-hybridized carbons (Fsp3) is 0.700. The lowest BCUT2D eigenvalue weighted by Crippen LogP contribution is -1.99. The first-order valence-corrected chi connectivity index (χ1v) is 4.29. The number of hydrogen-bond acceptors (Lipinski definition) is 1. The highest BCUT2D eigenvalue weighted by atomic mass is 16.1. The Labute approximate surface area is 69.5 Å². The fourth-order valence-electron chi connectivity index (χ4n) is 0.838. The van der Waals surface area contributed by atoms with Crippen molar-refractivity contribution < 1.29 is 4.79 Å². The summed E-state index contributed by atoms with van der Waals surface area (Å²) in [5, 5.41) is 0. The number of allylic oxidation sites excluding steroid dienone is 1. The van der Waals surface area contributed by atoms with Gasteiger partial charge < -0.3 is 0 Å². The van der Waals surface area contributed by atoms with Crippen molar-refractivity contribution in [3.05, 3.63) is 12.7 Å². The minimum atomic E-state index is 0.374. The molecule has 0 spiro atoms. The second kappa shape index (κ2) is 6.14. The number of carbonyl (C=O) groups excluding carboxylic acids is 1. The van der Waals surface area contributed by atoms with Gasteiger partial charge in [0, 0.05) is 12.8 Å². The molecule has 0 saturated heterocycles. The monoisotopic (exact) mass is 154 g/mol. The summed E-state index contributed by atoms with van der Waals surface area (Å²) in [5.74, 6) is 1.02. The van der Waals surface area contributed by atoms with Crippen LogP contribution < -0.4 is 0 Å². The molecule has 1 nitrogen and oxygen atoms in total. The highest BCUT2D eigenvalue weighted by molar-refractivity contribution is 5.78. The zero-order chi connectivity index (χ0) is 8.69. The number of carbonyl (C=O) groups is 1. The molecule has 0 atom stereocenters. The number of Topliss-reactive ketones (excluding diaryl/α,β-unsaturated/α-hetero) is 1. The molecule has 0 unspecified atom stereocenters. The maximum atomic E-state index is 11.1. The van der Waals surface area contributed by atoms with E-state index in [2.05, 4.69) is 20.4 Å². The van der Waals surface area contributed by atoms with Crippen LogP contribution in [0, 0.1) is 5.92 Å². The first-order chi connectivity index (χ1) is 5.16. The van der Waals surface area contributed by atoms with Crippen LogP contribution in [0.2, 0.25) is 0 Å². The Balaban J connectivity index is 3.29. The molecular formula is C10H18O. The second-order valence-electron chi connectivity index (χ2n) is 3.30. The van der Waals surface area contributed by atoms with Crippen LogP contribution in [0.25, 0.3) is 0 Å². The Morgan fingerprint density at radius 2 is 2.09 bits per heavy atom. The summed E-state index contributed by atoms with van der Waals surface area (Å²) in [6.07, 6.45) is 5.07. The van der Waals surface area contributed by atoms with Gasteiger partial charge in [0.05, 0.1) is 0 Å². The minimum Gasteiger partial charge on any atom is -0.300 e. The van der Waals surface area contributed by atoms with Gasteiger partial charge in [0.2, 0.25) is 0 Å². The Morgan fingerprint density at radius 3 is 2.55 bits per heavy atom. The van der Waals surface area contributed by atoms with Crippen LogP contribution in [0.1, 0.15) is 39.5 Å². The van der Waals surface area contributed by atoms with Gasteiger partial charge in [0.1, 0.15) is 5.78 Å². The third kappa shape index (κ3) is 7.31. The van der Waals surface area contributed by atoms with Crippen molar-refractivity contribution in [1.82, 2.24) is 0 Å². The zero-order valence-corrected chi connectivity index (χ0v) is 7.60. The van der Waals surface area contributed by atoms with Gasteiger partial charge in [-0.2, -0.15) is 0 Å². The van der Waals surface area contributed by atoms with Crippen LogP contribution in [-0.4, -0.2) is 5.78 Å². The molecular weight excluding hydrogens is 136 g/mol. The van der Waals surface area contributed by atoms with E-state index in [4.69, 9.17) is 0 Å². The summed E-state index contributed by atoms with van der Waals surface area (Å²) in [6, 6.07) is 0. The highest BCUT2D eigenvalue weighted by Crippen LogP contribution is 2.06. The molecule has 0 aromatic heterocycles. The largest absolute Gasteiger partial charge is 0.300 e. The molecule has 0 heterocycles. The lowest BCUT2D eigenvalue weighted by Gasteiger charge is -2.01. The van der Waals surface area contributed by atoms with E-state index in [0.717, 1.165) is 19.3 Å². The van der Waals surface area contributed by atoms with Gasteiger partial charge in [-0.25, -0.2) is 0 Å². The van der Waals surface area contributed by atoms with Crippen molar-refractivity contribution in [2.24, 2.45) is 5.92 Å². The summed E-state index contributed by atoms with van der Waals surface area (Å²) < 4.78 is 0. The first kappa shape index (κ1) is 10.4. The molecule has 0 aromatic rings. The van der Waals surface area contributed by atoms with E-state index in [9.17, 15) is 4.79 Å². The maximum Gasteiger partial charge on any atom is 0.133 e. The van der Waals surface area contributed by atoms with E-state index in [-0.39, 0.29) is 0 Å². The van der Waals surface area contributed by atoms with E-state index in [0.29, 0.717) is 18.1 Å².